The lowest BCUT2D eigenvalue weighted by atomic mass is 10.1. The summed E-state index contributed by atoms with van der Waals surface area (Å²) in [7, 11) is 0. The number of hydrogen-bond donors (Lipinski definition) is 0. The molecule has 1 rings (SSSR count). The second-order valence-electron chi connectivity index (χ2n) is 4.56. The van der Waals surface area contributed by atoms with Gasteiger partial charge in [0.2, 0.25) is 0 Å². The molecule has 0 aliphatic heterocycles. The van der Waals surface area contributed by atoms with E-state index in [0.29, 0.717) is 19.3 Å². The molecule has 1 unspecified atom stereocenters. The number of ether oxygens (including phenoxy) is 2. The van der Waals surface area contributed by atoms with Gasteiger partial charge >= 0.3 is 11.7 Å². The molecule has 6 nitrogen and oxygen atoms in total. The molecule has 0 N–H and O–H groups in total. The molecule has 0 saturated heterocycles. The van der Waals surface area contributed by atoms with Crippen LogP contribution >= 0.6 is 0 Å². The molecule has 1 atom stereocenters. The third kappa shape index (κ3) is 4.73. The highest BCUT2D eigenvalue weighted by Crippen LogP contribution is 2.29. The highest BCUT2D eigenvalue weighted by Gasteiger charge is 2.25. The number of carbonyl (C=O) groups is 1. The first-order valence-electron chi connectivity index (χ1n) is 7.14. The summed E-state index contributed by atoms with van der Waals surface area (Å²) in [6.07, 6.45) is 1.04. The van der Waals surface area contributed by atoms with Gasteiger partial charge in [0.05, 0.1) is 11.5 Å². The van der Waals surface area contributed by atoms with E-state index in [1.807, 2.05) is 13.8 Å². The Hall–Kier alpha value is -2.11. The van der Waals surface area contributed by atoms with Gasteiger partial charge in [0, 0.05) is 6.07 Å². The molecule has 0 aliphatic rings. The van der Waals surface area contributed by atoms with E-state index in [1.165, 1.54) is 6.07 Å². The number of nitrogens with zero attached hydrogens (tertiary/aromatic N) is 1. The minimum atomic E-state index is -0.818. The summed E-state index contributed by atoms with van der Waals surface area (Å²) >= 11 is 0. The predicted octanol–water partition coefficient (Wildman–Crippen LogP) is 3.27. The van der Waals surface area contributed by atoms with Crippen LogP contribution in [0.1, 0.15) is 39.2 Å². The van der Waals surface area contributed by atoms with Gasteiger partial charge in [-0.15, -0.1) is 0 Å². The zero-order chi connectivity index (χ0) is 15.8. The molecular weight excluding hydrogens is 274 g/mol. The van der Waals surface area contributed by atoms with Crippen LogP contribution in [0.5, 0.6) is 5.75 Å². The number of esters is 1. The van der Waals surface area contributed by atoms with Crippen molar-refractivity contribution in [3.05, 3.63) is 33.9 Å². The van der Waals surface area contributed by atoms with Gasteiger partial charge in [-0.2, -0.15) is 0 Å². The van der Waals surface area contributed by atoms with E-state index in [-0.39, 0.29) is 18.0 Å². The van der Waals surface area contributed by atoms with Crippen molar-refractivity contribution < 1.29 is 19.2 Å². The molecule has 0 saturated carbocycles. The largest absolute Gasteiger partial charge is 0.472 e. The first kappa shape index (κ1) is 16.9. The fourth-order valence-corrected chi connectivity index (χ4v) is 1.90. The first-order valence-corrected chi connectivity index (χ1v) is 7.14. The van der Waals surface area contributed by atoms with Crippen molar-refractivity contribution in [1.82, 2.24) is 0 Å². The number of nitro benzene ring substituents is 1. The zero-order valence-corrected chi connectivity index (χ0v) is 12.6. The van der Waals surface area contributed by atoms with Crippen molar-refractivity contribution >= 4 is 11.7 Å². The normalized spacial score (nSPS) is 11.8. The second-order valence-corrected chi connectivity index (χ2v) is 4.56. The van der Waals surface area contributed by atoms with Gasteiger partial charge in [0.15, 0.2) is 11.9 Å². The topological polar surface area (TPSA) is 78.7 Å². The highest BCUT2D eigenvalue weighted by atomic mass is 16.6. The maximum Gasteiger partial charge on any atom is 0.347 e. The van der Waals surface area contributed by atoms with Gasteiger partial charge in [-0.1, -0.05) is 26.3 Å². The third-order valence-electron chi connectivity index (χ3n) is 3.00. The zero-order valence-electron chi connectivity index (χ0n) is 12.6. The molecule has 0 aliphatic carbocycles. The summed E-state index contributed by atoms with van der Waals surface area (Å²) in [6.45, 7) is 5.78. The molecule has 0 amide bonds. The van der Waals surface area contributed by atoms with E-state index in [2.05, 4.69) is 0 Å². The smallest absolute Gasteiger partial charge is 0.347 e. The number of nitro groups is 1. The van der Waals surface area contributed by atoms with Crippen LogP contribution in [0, 0.1) is 10.1 Å². The quantitative estimate of drug-likeness (QED) is 0.418. The van der Waals surface area contributed by atoms with Crippen molar-refractivity contribution in [2.24, 2.45) is 0 Å². The molecule has 116 valence electrons. The summed E-state index contributed by atoms with van der Waals surface area (Å²) in [5.74, 6) is -0.392. The molecule has 6 heteroatoms. The average molecular weight is 295 g/mol. The second kappa shape index (κ2) is 8.24. The Labute approximate surface area is 124 Å². The molecule has 1 aromatic rings. The molecule has 21 heavy (non-hydrogen) atoms. The number of hydrogen-bond acceptors (Lipinski definition) is 5. The number of rotatable bonds is 8. The lowest BCUT2D eigenvalue weighted by Crippen LogP contribution is -2.29. The summed E-state index contributed by atoms with van der Waals surface area (Å²) < 4.78 is 10.5. The molecule has 0 bridgehead atoms. The Morgan fingerprint density at radius 2 is 2.05 bits per heavy atom. The Bertz CT molecular complexity index is 501. The Balaban J connectivity index is 3.02. The molecular formula is C15H21NO5. The fraction of sp³-hybridized carbons (Fsp3) is 0.533. The maximum absolute atomic E-state index is 11.8. The third-order valence-corrected chi connectivity index (χ3v) is 3.00. The van der Waals surface area contributed by atoms with E-state index in [9.17, 15) is 14.9 Å². The van der Waals surface area contributed by atoms with Crippen molar-refractivity contribution in [1.29, 1.82) is 0 Å². The van der Waals surface area contributed by atoms with Crippen LogP contribution in [0.15, 0.2) is 18.2 Å². The average Bonchev–Trinajstić information content (AvgIpc) is 2.47. The lowest BCUT2D eigenvalue weighted by Gasteiger charge is -2.17. The van der Waals surface area contributed by atoms with Gasteiger partial charge in [-0.05, 0) is 31.4 Å². The Morgan fingerprint density at radius 3 is 2.57 bits per heavy atom. The predicted molar refractivity (Wildman–Crippen MR) is 78.4 cm³/mol. The highest BCUT2D eigenvalue weighted by molar-refractivity contribution is 5.75. The Kier molecular flexibility index (Phi) is 6.65. The monoisotopic (exact) mass is 295 g/mol. The van der Waals surface area contributed by atoms with Gasteiger partial charge in [0.1, 0.15) is 0 Å². The van der Waals surface area contributed by atoms with Crippen LogP contribution in [0.2, 0.25) is 0 Å². The minimum absolute atomic E-state index is 0.101. The van der Waals surface area contributed by atoms with Crippen LogP contribution in [0.25, 0.3) is 0 Å². The van der Waals surface area contributed by atoms with Crippen molar-refractivity contribution in [2.75, 3.05) is 6.61 Å². The molecule has 0 spiro atoms. The van der Waals surface area contributed by atoms with Crippen LogP contribution in [0.3, 0.4) is 0 Å². The van der Waals surface area contributed by atoms with E-state index in [0.717, 1.165) is 5.56 Å². The van der Waals surface area contributed by atoms with Gasteiger partial charge in [-0.3, -0.25) is 10.1 Å². The summed E-state index contributed by atoms with van der Waals surface area (Å²) in [5.41, 5.74) is 0.719. The maximum atomic E-state index is 11.8. The number of benzene rings is 1. The Morgan fingerprint density at radius 1 is 1.33 bits per heavy atom. The van der Waals surface area contributed by atoms with E-state index in [1.54, 1.807) is 19.1 Å². The SMILES string of the molecule is CCCC(Oc1ccc(CC)cc1[N+](=O)[O-])C(=O)OCC. The van der Waals surface area contributed by atoms with Crippen LogP contribution in [-0.4, -0.2) is 23.6 Å². The molecule has 0 heterocycles. The molecule has 0 aromatic heterocycles. The van der Waals surface area contributed by atoms with Crippen molar-refractivity contribution in [3.63, 3.8) is 0 Å². The van der Waals surface area contributed by atoms with Gasteiger partial charge < -0.3 is 9.47 Å². The first-order chi connectivity index (χ1) is 10.0. The van der Waals surface area contributed by atoms with Crippen LogP contribution in [0.4, 0.5) is 5.69 Å². The summed E-state index contributed by atoms with van der Waals surface area (Å²) in [6, 6.07) is 4.78. The van der Waals surface area contributed by atoms with Crippen LogP contribution < -0.4 is 4.74 Å². The summed E-state index contributed by atoms with van der Waals surface area (Å²) in [5, 5.41) is 11.1. The summed E-state index contributed by atoms with van der Waals surface area (Å²) in [4.78, 5) is 22.5. The number of carbonyl (C=O) groups excluding carboxylic acids is 1. The standard InChI is InChI=1S/C15H21NO5/c1-4-7-14(15(17)20-6-3)21-13-9-8-11(5-2)10-12(13)16(18)19/h8-10,14H,4-7H2,1-3H3. The lowest BCUT2D eigenvalue weighted by molar-refractivity contribution is -0.386. The van der Waals surface area contributed by atoms with E-state index in [4.69, 9.17) is 9.47 Å². The fourth-order valence-electron chi connectivity index (χ4n) is 1.90. The van der Waals surface area contributed by atoms with Gasteiger partial charge in [-0.25, -0.2) is 4.79 Å². The van der Waals surface area contributed by atoms with E-state index >= 15 is 0 Å². The molecule has 1 aromatic carbocycles. The van der Waals surface area contributed by atoms with Crippen LogP contribution in [-0.2, 0) is 16.0 Å². The van der Waals surface area contributed by atoms with Gasteiger partial charge in [0.25, 0.3) is 0 Å². The van der Waals surface area contributed by atoms with E-state index < -0.39 is 17.0 Å². The number of aryl methyl sites for hydroxylation is 1. The molecule has 0 radical (unpaired) electrons. The van der Waals surface area contributed by atoms with Crippen molar-refractivity contribution in [2.45, 2.75) is 46.1 Å². The van der Waals surface area contributed by atoms with Crippen molar-refractivity contribution in [3.8, 4) is 5.75 Å². The minimum Gasteiger partial charge on any atom is -0.472 e. The molecule has 0 fully saturated rings.